The summed E-state index contributed by atoms with van der Waals surface area (Å²) < 4.78 is 10.6. The summed E-state index contributed by atoms with van der Waals surface area (Å²) in [7, 11) is 3.12. The lowest BCUT2D eigenvalue weighted by Crippen LogP contribution is -2.50. The average Bonchev–Trinajstić information content (AvgIpc) is 2.80. The first-order chi connectivity index (χ1) is 14.9. The van der Waals surface area contributed by atoms with Gasteiger partial charge in [-0.25, -0.2) is 0 Å². The monoisotopic (exact) mass is 442 g/mol. The number of benzene rings is 2. The van der Waals surface area contributed by atoms with E-state index in [1.807, 2.05) is 4.90 Å². The summed E-state index contributed by atoms with van der Waals surface area (Å²) in [5.74, 6) is 1.94. The van der Waals surface area contributed by atoms with Crippen LogP contribution in [-0.4, -0.2) is 67.8 Å². The minimum Gasteiger partial charge on any atom is -0.497 e. The molecule has 1 saturated heterocycles. The van der Waals surface area contributed by atoms with Gasteiger partial charge in [-0.15, -0.1) is 11.8 Å². The summed E-state index contributed by atoms with van der Waals surface area (Å²) in [6.45, 7) is 6.35. The SMILES string of the molecule is COc1ccc(C(=O)N2CCN(C(=O)CCSc3ccc(C)c(C)c3)CC2)c(OC)c1. The Morgan fingerprint density at radius 2 is 1.61 bits per heavy atom. The van der Waals surface area contributed by atoms with Crippen molar-refractivity contribution in [3.05, 3.63) is 53.1 Å². The molecule has 1 heterocycles. The quantitative estimate of drug-likeness (QED) is 0.611. The number of carbonyl (C=O) groups is 2. The first-order valence-electron chi connectivity index (χ1n) is 10.4. The predicted molar refractivity (Wildman–Crippen MR) is 123 cm³/mol. The number of hydrogen-bond acceptors (Lipinski definition) is 5. The molecule has 0 saturated carbocycles. The van der Waals surface area contributed by atoms with Gasteiger partial charge < -0.3 is 19.3 Å². The Morgan fingerprint density at radius 3 is 2.26 bits per heavy atom. The maximum atomic E-state index is 12.9. The molecule has 2 aromatic carbocycles. The number of piperazine rings is 1. The Morgan fingerprint density at radius 1 is 0.903 bits per heavy atom. The van der Waals surface area contributed by atoms with Gasteiger partial charge in [0, 0.05) is 49.3 Å². The molecule has 166 valence electrons. The van der Waals surface area contributed by atoms with Crippen molar-refractivity contribution in [2.45, 2.75) is 25.2 Å². The van der Waals surface area contributed by atoms with Gasteiger partial charge in [0.2, 0.25) is 5.91 Å². The number of aryl methyl sites for hydroxylation is 2. The number of nitrogens with zero attached hydrogens (tertiary/aromatic N) is 2. The average molecular weight is 443 g/mol. The van der Waals surface area contributed by atoms with Crippen LogP contribution < -0.4 is 9.47 Å². The number of methoxy groups -OCH3 is 2. The smallest absolute Gasteiger partial charge is 0.257 e. The molecule has 2 amide bonds. The van der Waals surface area contributed by atoms with Gasteiger partial charge in [-0.05, 0) is 49.2 Å². The second-order valence-electron chi connectivity index (χ2n) is 7.58. The minimum absolute atomic E-state index is 0.0862. The van der Waals surface area contributed by atoms with E-state index >= 15 is 0 Å². The van der Waals surface area contributed by atoms with Gasteiger partial charge in [0.1, 0.15) is 11.5 Å². The molecule has 2 aromatic rings. The number of ether oxygens (including phenoxy) is 2. The van der Waals surface area contributed by atoms with Crippen molar-refractivity contribution >= 4 is 23.6 Å². The Hall–Kier alpha value is -2.67. The van der Waals surface area contributed by atoms with E-state index in [2.05, 4.69) is 32.0 Å². The Balaban J connectivity index is 1.49. The highest BCUT2D eigenvalue weighted by Crippen LogP contribution is 2.26. The highest BCUT2D eigenvalue weighted by atomic mass is 32.2. The molecular weight excluding hydrogens is 412 g/mol. The second kappa shape index (κ2) is 10.6. The third-order valence-electron chi connectivity index (χ3n) is 5.62. The van der Waals surface area contributed by atoms with E-state index in [1.54, 1.807) is 42.0 Å². The lowest BCUT2D eigenvalue weighted by atomic mass is 10.1. The van der Waals surface area contributed by atoms with Crippen LogP contribution in [0.25, 0.3) is 0 Å². The van der Waals surface area contributed by atoms with E-state index in [0.717, 1.165) is 5.75 Å². The largest absolute Gasteiger partial charge is 0.497 e. The molecule has 0 aliphatic carbocycles. The highest BCUT2D eigenvalue weighted by Gasteiger charge is 2.26. The summed E-state index contributed by atoms with van der Waals surface area (Å²) >= 11 is 1.71. The summed E-state index contributed by atoms with van der Waals surface area (Å²) in [5, 5.41) is 0. The van der Waals surface area contributed by atoms with Crippen LogP contribution in [0.5, 0.6) is 11.5 Å². The lowest BCUT2D eigenvalue weighted by molar-refractivity contribution is -0.132. The molecule has 1 fully saturated rings. The van der Waals surface area contributed by atoms with Crippen LogP contribution in [0.15, 0.2) is 41.3 Å². The van der Waals surface area contributed by atoms with E-state index < -0.39 is 0 Å². The van der Waals surface area contributed by atoms with Crippen molar-refractivity contribution in [2.24, 2.45) is 0 Å². The minimum atomic E-state index is -0.0862. The molecule has 0 radical (unpaired) electrons. The van der Waals surface area contributed by atoms with Crippen LogP contribution in [-0.2, 0) is 4.79 Å². The molecule has 1 aliphatic rings. The molecule has 1 aliphatic heterocycles. The summed E-state index contributed by atoms with van der Waals surface area (Å²) in [5.41, 5.74) is 3.05. The molecule has 6 nitrogen and oxygen atoms in total. The third kappa shape index (κ3) is 5.73. The van der Waals surface area contributed by atoms with Gasteiger partial charge in [-0.2, -0.15) is 0 Å². The first-order valence-corrected chi connectivity index (χ1v) is 11.4. The van der Waals surface area contributed by atoms with Crippen molar-refractivity contribution in [3.8, 4) is 11.5 Å². The topological polar surface area (TPSA) is 59.1 Å². The van der Waals surface area contributed by atoms with Crippen LogP contribution in [0.1, 0.15) is 27.9 Å². The van der Waals surface area contributed by atoms with E-state index in [1.165, 1.54) is 23.1 Å². The fourth-order valence-electron chi connectivity index (χ4n) is 3.52. The molecule has 0 atom stereocenters. The van der Waals surface area contributed by atoms with Crippen molar-refractivity contribution in [1.29, 1.82) is 0 Å². The van der Waals surface area contributed by atoms with Gasteiger partial charge in [-0.3, -0.25) is 9.59 Å². The number of amides is 2. The van der Waals surface area contributed by atoms with Crippen molar-refractivity contribution in [1.82, 2.24) is 9.80 Å². The summed E-state index contributed by atoms with van der Waals surface area (Å²) in [6.07, 6.45) is 0.498. The number of hydrogen-bond donors (Lipinski definition) is 0. The van der Waals surface area contributed by atoms with E-state index in [0.29, 0.717) is 49.7 Å². The molecule has 0 unspecified atom stereocenters. The van der Waals surface area contributed by atoms with Crippen LogP contribution in [0.3, 0.4) is 0 Å². The fourth-order valence-corrected chi connectivity index (χ4v) is 4.46. The molecule has 0 aromatic heterocycles. The highest BCUT2D eigenvalue weighted by molar-refractivity contribution is 7.99. The lowest BCUT2D eigenvalue weighted by Gasteiger charge is -2.35. The zero-order valence-corrected chi connectivity index (χ0v) is 19.5. The standard InChI is InChI=1S/C24H30N2O4S/c1-17-5-7-20(15-18(17)2)31-14-9-23(27)25-10-12-26(13-11-25)24(28)21-8-6-19(29-3)16-22(21)30-4/h5-8,15-16H,9-14H2,1-4H3. The first kappa shape index (κ1) is 23.0. The molecule has 7 heteroatoms. The van der Waals surface area contributed by atoms with Gasteiger partial charge >= 0.3 is 0 Å². The van der Waals surface area contributed by atoms with Gasteiger partial charge in [0.25, 0.3) is 5.91 Å². The van der Waals surface area contributed by atoms with E-state index in [-0.39, 0.29) is 11.8 Å². The zero-order valence-electron chi connectivity index (χ0n) is 18.6. The van der Waals surface area contributed by atoms with Crippen LogP contribution >= 0.6 is 11.8 Å². The third-order valence-corrected chi connectivity index (χ3v) is 6.62. The van der Waals surface area contributed by atoms with Crippen molar-refractivity contribution < 1.29 is 19.1 Å². The Bertz CT molecular complexity index is 939. The van der Waals surface area contributed by atoms with Gasteiger partial charge in [0.05, 0.1) is 19.8 Å². The zero-order chi connectivity index (χ0) is 22.4. The fraction of sp³-hybridized carbons (Fsp3) is 0.417. The van der Waals surface area contributed by atoms with Gasteiger partial charge in [-0.1, -0.05) is 6.07 Å². The number of carbonyl (C=O) groups excluding carboxylic acids is 2. The molecule has 3 rings (SSSR count). The van der Waals surface area contributed by atoms with Crippen molar-refractivity contribution in [2.75, 3.05) is 46.2 Å². The van der Waals surface area contributed by atoms with Gasteiger partial charge in [0.15, 0.2) is 0 Å². The van der Waals surface area contributed by atoms with Crippen LogP contribution in [0.4, 0.5) is 0 Å². The normalized spacial score (nSPS) is 13.8. The Kier molecular flexibility index (Phi) is 7.85. The number of rotatable bonds is 7. The predicted octanol–water partition coefficient (Wildman–Crippen LogP) is 3.79. The van der Waals surface area contributed by atoms with E-state index in [9.17, 15) is 9.59 Å². The van der Waals surface area contributed by atoms with Crippen LogP contribution in [0.2, 0.25) is 0 Å². The molecule has 0 N–H and O–H groups in total. The van der Waals surface area contributed by atoms with E-state index in [4.69, 9.17) is 9.47 Å². The maximum Gasteiger partial charge on any atom is 0.257 e. The molecule has 0 spiro atoms. The summed E-state index contributed by atoms with van der Waals surface area (Å²) in [4.78, 5) is 30.4. The molecule has 0 bridgehead atoms. The molecule has 31 heavy (non-hydrogen) atoms. The summed E-state index contributed by atoms with van der Waals surface area (Å²) in [6, 6.07) is 11.6. The second-order valence-corrected chi connectivity index (χ2v) is 8.75. The maximum absolute atomic E-state index is 12.9. The Labute approximate surface area is 188 Å². The molecular formula is C24H30N2O4S. The van der Waals surface area contributed by atoms with Crippen molar-refractivity contribution in [3.63, 3.8) is 0 Å². The van der Waals surface area contributed by atoms with Crippen LogP contribution in [0, 0.1) is 13.8 Å². The number of thioether (sulfide) groups is 1.